The van der Waals surface area contributed by atoms with Crippen LogP contribution < -0.4 is 10.1 Å². The van der Waals surface area contributed by atoms with Gasteiger partial charge < -0.3 is 10.1 Å². The van der Waals surface area contributed by atoms with Crippen LogP contribution in [0.4, 0.5) is 5.69 Å². The van der Waals surface area contributed by atoms with Crippen molar-refractivity contribution >= 4 is 17.3 Å². The van der Waals surface area contributed by atoms with Crippen molar-refractivity contribution < 1.29 is 4.74 Å². The minimum Gasteiger partial charge on any atom is -0.494 e. The van der Waals surface area contributed by atoms with Crippen molar-refractivity contribution in [2.45, 2.75) is 6.54 Å². The Bertz CT molecular complexity index is 1090. The molecule has 4 aromatic rings. The highest BCUT2D eigenvalue weighted by molar-refractivity contribution is 6.33. The molecule has 0 fully saturated rings. The minimum atomic E-state index is 0.579. The third kappa shape index (κ3) is 3.54. The number of hydrogen-bond acceptors (Lipinski definition) is 6. The average Bonchev–Trinajstić information content (AvgIpc) is 3.36. The third-order valence-electron chi connectivity index (χ3n) is 4.29. The second kappa shape index (κ2) is 7.69. The van der Waals surface area contributed by atoms with Gasteiger partial charge in [0.05, 0.1) is 17.8 Å². The molecule has 0 radical (unpaired) electrons. The van der Waals surface area contributed by atoms with Crippen LogP contribution in [0, 0.1) is 0 Å². The summed E-state index contributed by atoms with van der Waals surface area (Å²) in [7, 11) is 3.51. The van der Waals surface area contributed by atoms with Gasteiger partial charge in [-0.3, -0.25) is 4.68 Å². The highest BCUT2D eigenvalue weighted by Gasteiger charge is 2.14. The molecule has 2 aromatic carbocycles. The zero-order valence-corrected chi connectivity index (χ0v) is 16.1. The Hall–Kier alpha value is -3.39. The number of rotatable bonds is 6. The van der Waals surface area contributed by atoms with E-state index in [4.69, 9.17) is 16.3 Å². The number of aryl methyl sites for hydroxylation is 1. The summed E-state index contributed by atoms with van der Waals surface area (Å²) in [6, 6.07) is 13.4. The molecule has 0 unspecified atom stereocenters. The zero-order chi connectivity index (χ0) is 19.5. The number of tetrazole rings is 1. The van der Waals surface area contributed by atoms with Crippen LogP contribution in [-0.2, 0) is 13.6 Å². The number of methoxy groups -OCH3 is 1. The van der Waals surface area contributed by atoms with Gasteiger partial charge in [-0.2, -0.15) is 9.78 Å². The van der Waals surface area contributed by atoms with E-state index in [1.54, 1.807) is 16.5 Å². The van der Waals surface area contributed by atoms with Crippen LogP contribution in [0.15, 0.2) is 55.0 Å². The van der Waals surface area contributed by atoms with E-state index in [0.29, 0.717) is 17.3 Å². The van der Waals surface area contributed by atoms with Gasteiger partial charge >= 0.3 is 0 Å². The number of ether oxygens (including phenoxy) is 1. The Labute approximate surface area is 166 Å². The Morgan fingerprint density at radius 1 is 1.18 bits per heavy atom. The molecule has 0 aliphatic heterocycles. The highest BCUT2D eigenvalue weighted by atomic mass is 35.5. The summed E-state index contributed by atoms with van der Waals surface area (Å²) in [5, 5.41) is 20.0. The molecule has 0 spiro atoms. The molecule has 0 aliphatic carbocycles. The molecule has 8 nitrogen and oxygen atoms in total. The van der Waals surface area contributed by atoms with Gasteiger partial charge in [-0.15, -0.1) is 5.10 Å². The first-order chi connectivity index (χ1) is 13.7. The van der Waals surface area contributed by atoms with Crippen molar-refractivity contribution in [3.05, 3.63) is 65.6 Å². The number of aromatic nitrogens is 6. The second-order valence-electron chi connectivity index (χ2n) is 6.15. The molecule has 1 N–H and O–H groups in total. The van der Waals surface area contributed by atoms with Crippen molar-refractivity contribution in [3.63, 3.8) is 0 Å². The van der Waals surface area contributed by atoms with Gasteiger partial charge in [-0.05, 0) is 34.7 Å². The van der Waals surface area contributed by atoms with Gasteiger partial charge in [0.15, 0.2) is 0 Å². The molecular weight excluding hydrogens is 378 g/mol. The van der Waals surface area contributed by atoms with Crippen LogP contribution in [0.3, 0.4) is 0 Å². The van der Waals surface area contributed by atoms with Crippen molar-refractivity contribution in [2.24, 2.45) is 7.05 Å². The maximum Gasteiger partial charge on any atom is 0.144 e. The van der Waals surface area contributed by atoms with Crippen LogP contribution in [0.25, 0.3) is 16.9 Å². The standard InChI is InChI=1S/C19H18ClN7O/c1-26-11-13(19(23-26)15-5-3-4-6-16(15)20)10-21-14-7-8-18(28-2)17(9-14)27-12-22-24-25-27/h3-9,11-12,21H,10H2,1-2H3. The lowest BCUT2D eigenvalue weighted by Crippen LogP contribution is -2.03. The molecule has 0 saturated heterocycles. The van der Waals surface area contributed by atoms with E-state index < -0.39 is 0 Å². The van der Waals surface area contributed by atoms with Crippen molar-refractivity contribution in [2.75, 3.05) is 12.4 Å². The number of nitrogens with zero attached hydrogens (tertiary/aromatic N) is 6. The fourth-order valence-electron chi connectivity index (χ4n) is 2.99. The maximum atomic E-state index is 6.36. The van der Waals surface area contributed by atoms with Crippen molar-refractivity contribution in [3.8, 4) is 22.7 Å². The molecule has 0 bridgehead atoms. The summed E-state index contributed by atoms with van der Waals surface area (Å²) >= 11 is 6.36. The largest absolute Gasteiger partial charge is 0.494 e. The molecule has 28 heavy (non-hydrogen) atoms. The zero-order valence-electron chi connectivity index (χ0n) is 15.4. The summed E-state index contributed by atoms with van der Waals surface area (Å²) < 4.78 is 8.75. The molecule has 0 amide bonds. The van der Waals surface area contributed by atoms with Crippen molar-refractivity contribution in [1.29, 1.82) is 0 Å². The third-order valence-corrected chi connectivity index (χ3v) is 4.62. The fraction of sp³-hybridized carbons (Fsp3) is 0.158. The highest BCUT2D eigenvalue weighted by Crippen LogP contribution is 2.30. The van der Waals surface area contributed by atoms with E-state index in [9.17, 15) is 0 Å². The molecule has 2 aromatic heterocycles. The van der Waals surface area contributed by atoms with Crippen LogP contribution >= 0.6 is 11.6 Å². The van der Waals surface area contributed by atoms with Crippen LogP contribution in [0.5, 0.6) is 5.75 Å². The molecule has 0 atom stereocenters. The lowest BCUT2D eigenvalue weighted by molar-refractivity contribution is 0.411. The first-order valence-corrected chi connectivity index (χ1v) is 8.96. The van der Waals surface area contributed by atoms with E-state index in [-0.39, 0.29) is 0 Å². The van der Waals surface area contributed by atoms with E-state index in [2.05, 4.69) is 25.9 Å². The summed E-state index contributed by atoms with van der Waals surface area (Å²) in [4.78, 5) is 0. The summed E-state index contributed by atoms with van der Waals surface area (Å²) in [6.07, 6.45) is 3.51. The van der Waals surface area contributed by atoms with E-state index in [1.807, 2.05) is 55.7 Å². The van der Waals surface area contributed by atoms with Gasteiger partial charge in [0, 0.05) is 36.6 Å². The summed E-state index contributed by atoms with van der Waals surface area (Å²) in [5.41, 5.74) is 4.45. The van der Waals surface area contributed by atoms with Gasteiger partial charge in [-0.1, -0.05) is 29.8 Å². The Kier molecular flexibility index (Phi) is 4.94. The summed E-state index contributed by atoms with van der Waals surface area (Å²) in [5.74, 6) is 0.677. The van der Waals surface area contributed by atoms with E-state index >= 15 is 0 Å². The second-order valence-corrected chi connectivity index (χ2v) is 6.56. The molecule has 9 heteroatoms. The molecule has 0 saturated carbocycles. The SMILES string of the molecule is COc1ccc(NCc2cn(C)nc2-c2ccccc2Cl)cc1-n1cnnn1. The Morgan fingerprint density at radius 2 is 2.04 bits per heavy atom. The van der Waals surface area contributed by atoms with E-state index in [0.717, 1.165) is 28.2 Å². The van der Waals surface area contributed by atoms with E-state index in [1.165, 1.54) is 6.33 Å². The smallest absolute Gasteiger partial charge is 0.144 e. The summed E-state index contributed by atoms with van der Waals surface area (Å²) in [6.45, 7) is 0.579. The first-order valence-electron chi connectivity index (χ1n) is 8.58. The maximum absolute atomic E-state index is 6.36. The first kappa shape index (κ1) is 18.0. The topological polar surface area (TPSA) is 82.7 Å². The van der Waals surface area contributed by atoms with Crippen LogP contribution in [0.1, 0.15) is 5.56 Å². The molecular formula is C19H18ClN7O. The number of benzene rings is 2. The molecule has 4 rings (SSSR count). The van der Waals surface area contributed by atoms with Gasteiger partial charge in [0.2, 0.25) is 0 Å². The fourth-order valence-corrected chi connectivity index (χ4v) is 3.22. The lowest BCUT2D eigenvalue weighted by Gasteiger charge is -2.12. The molecule has 142 valence electrons. The van der Waals surface area contributed by atoms with Gasteiger partial charge in [0.1, 0.15) is 17.8 Å². The molecule has 0 aliphatic rings. The quantitative estimate of drug-likeness (QED) is 0.539. The van der Waals surface area contributed by atoms with Gasteiger partial charge in [-0.25, -0.2) is 0 Å². The normalized spacial score (nSPS) is 10.8. The molecule has 2 heterocycles. The van der Waals surface area contributed by atoms with Crippen LogP contribution in [-0.4, -0.2) is 37.1 Å². The predicted octanol–water partition coefficient (Wildman–Crippen LogP) is 3.34. The average molecular weight is 396 g/mol. The Morgan fingerprint density at radius 3 is 2.79 bits per heavy atom. The lowest BCUT2D eigenvalue weighted by atomic mass is 10.1. The van der Waals surface area contributed by atoms with Gasteiger partial charge in [0.25, 0.3) is 0 Å². The number of halogens is 1. The number of nitrogens with one attached hydrogen (secondary N) is 1. The minimum absolute atomic E-state index is 0.579. The number of hydrogen-bond donors (Lipinski definition) is 1. The van der Waals surface area contributed by atoms with Crippen LogP contribution in [0.2, 0.25) is 5.02 Å². The number of anilines is 1. The Balaban J connectivity index is 1.61. The van der Waals surface area contributed by atoms with Crippen molar-refractivity contribution in [1.82, 2.24) is 30.0 Å². The predicted molar refractivity (Wildman–Crippen MR) is 107 cm³/mol. The monoisotopic (exact) mass is 395 g/mol.